The van der Waals surface area contributed by atoms with Crippen LogP contribution in [0.15, 0.2) is 34.9 Å². The molecule has 1 aromatic carbocycles. The lowest BCUT2D eigenvalue weighted by molar-refractivity contribution is -0.137. The highest BCUT2D eigenvalue weighted by Gasteiger charge is 2.36. The van der Waals surface area contributed by atoms with Gasteiger partial charge in [0.25, 0.3) is 0 Å². The van der Waals surface area contributed by atoms with Gasteiger partial charge in [0, 0.05) is 18.8 Å². The number of alkyl halides is 3. The van der Waals surface area contributed by atoms with Gasteiger partial charge in [-0.25, -0.2) is 4.98 Å². The van der Waals surface area contributed by atoms with Crippen LogP contribution in [-0.2, 0) is 6.18 Å². The van der Waals surface area contributed by atoms with Crippen LogP contribution in [-0.4, -0.2) is 34.1 Å². The normalized spacial score (nSPS) is 17.8. The van der Waals surface area contributed by atoms with E-state index in [1.807, 2.05) is 0 Å². The number of nitrogens with one attached hydrogen (secondary N) is 3. The van der Waals surface area contributed by atoms with Crippen LogP contribution in [0.4, 0.5) is 31.0 Å². The second-order valence-electron chi connectivity index (χ2n) is 6.25. The molecule has 3 N–H and O–H groups in total. The second-order valence-corrected chi connectivity index (χ2v) is 6.25. The molecular weight excluding hydrogens is 361 g/mol. The molecule has 2 aromatic heterocycles. The monoisotopic (exact) mass is 378 g/mol. The fraction of sp³-hybridized carbons (Fsp3) is 0.353. The topological polar surface area (TPSA) is 87.9 Å². The van der Waals surface area contributed by atoms with Gasteiger partial charge in [-0.3, -0.25) is 5.32 Å². The molecule has 1 fully saturated rings. The van der Waals surface area contributed by atoms with Crippen molar-refractivity contribution in [2.45, 2.75) is 25.1 Å². The van der Waals surface area contributed by atoms with Crippen molar-refractivity contribution in [2.75, 3.05) is 23.7 Å². The highest BCUT2D eigenvalue weighted by molar-refractivity contribution is 5.75. The fourth-order valence-electron chi connectivity index (χ4n) is 2.94. The van der Waals surface area contributed by atoms with E-state index in [0.29, 0.717) is 17.6 Å². The lowest BCUT2D eigenvalue weighted by atomic mass is 10.1. The van der Waals surface area contributed by atoms with Crippen molar-refractivity contribution >= 4 is 28.9 Å². The molecule has 4 rings (SSSR count). The summed E-state index contributed by atoms with van der Waals surface area (Å²) in [6.45, 7) is 1.63. The Labute approximate surface area is 152 Å². The van der Waals surface area contributed by atoms with Gasteiger partial charge in [-0.05, 0) is 31.5 Å². The van der Waals surface area contributed by atoms with E-state index < -0.39 is 17.6 Å². The van der Waals surface area contributed by atoms with Gasteiger partial charge in [-0.1, -0.05) is 12.1 Å². The van der Waals surface area contributed by atoms with E-state index >= 15 is 0 Å². The quantitative estimate of drug-likeness (QED) is 0.640. The highest BCUT2D eigenvalue weighted by Crippen LogP contribution is 2.35. The van der Waals surface area contributed by atoms with Gasteiger partial charge in [-0.2, -0.15) is 23.1 Å². The van der Waals surface area contributed by atoms with Crippen LogP contribution in [0.5, 0.6) is 0 Å². The Morgan fingerprint density at radius 3 is 2.78 bits per heavy atom. The number of hydrogen-bond donors (Lipinski definition) is 3. The van der Waals surface area contributed by atoms with Crippen LogP contribution in [0, 0.1) is 0 Å². The number of hydrogen-bond acceptors (Lipinski definition) is 7. The number of fused-ring (bicyclic) bond motifs is 1. The standard InChI is InChI=1S/C17H17F3N6O/c18-17(19,20)11-9-22-15(23-10-4-3-7-21-8-10)25-14(11)26-16-24-12-5-1-2-6-13(12)27-16/h1-2,5-6,9-10,21H,3-4,7-8H2,(H2,22,23,24,25,26)/t10-/m0/s1. The fourth-order valence-corrected chi connectivity index (χ4v) is 2.94. The zero-order valence-electron chi connectivity index (χ0n) is 14.2. The van der Waals surface area contributed by atoms with Crippen LogP contribution >= 0.6 is 0 Å². The van der Waals surface area contributed by atoms with Crippen molar-refractivity contribution in [2.24, 2.45) is 0 Å². The predicted octanol–water partition coefficient (Wildman–Crippen LogP) is 3.54. The summed E-state index contributed by atoms with van der Waals surface area (Å²) in [6, 6.07) is 6.90. The minimum absolute atomic E-state index is 0.0627. The molecule has 0 saturated carbocycles. The molecule has 3 aromatic rings. The van der Waals surface area contributed by atoms with Crippen molar-refractivity contribution in [3.8, 4) is 0 Å². The third kappa shape index (κ3) is 3.95. The largest absolute Gasteiger partial charge is 0.423 e. The summed E-state index contributed by atoms with van der Waals surface area (Å²) < 4.78 is 45.5. The minimum Gasteiger partial charge on any atom is -0.423 e. The first-order chi connectivity index (χ1) is 13.0. The Bertz CT molecular complexity index is 903. The predicted molar refractivity (Wildman–Crippen MR) is 93.8 cm³/mol. The number of piperidine rings is 1. The number of benzene rings is 1. The van der Waals surface area contributed by atoms with Crippen molar-refractivity contribution in [3.63, 3.8) is 0 Å². The third-order valence-electron chi connectivity index (χ3n) is 4.24. The van der Waals surface area contributed by atoms with Crippen molar-refractivity contribution in [1.82, 2.24) is 20.3 Å². The van der Waals surface area contributed by atoms with E-state index in [-0.39, 0.29) is 18.0 Å². The average Bonchev–Trinajstić information content (AvgIpc) is 3.04. The molecule has 0 unspecified atom stereocenters. The Kier molecular flexibility index (Phi) is 4.56. The minimum atomic E-state index is -4.61. The van der Waals surface area contributed by atoms with E-state index in [2.05, 4.69) is 30.9 Å². The molecule has 1 atom stereocenters. The molecule has 1 saturated heterocycles. The van der Waals surface area contributed by atoms with Crippen molar-refractivity contribution < 1.29 is 17.6 Å². The maximum Gasteiger partial charge on any atom is 0.421 e. The van der Waals surface area contributed by atoms with Gasteiger partial charge in [0.15, 0.2) is 11.4 Å². The van der Waals surface area contributed by atoms with Gasteiger partial charge >= 0.3 is 12.2 Å². The SMILES string of the molecule is FC(F)(F)c1cnc(N[C@H]2CCCNC2)nc1Nc1nc2ccccc2o1. The summed E-state index contributed by atoms with van der Waals surface area (Å²) in [4.78, 5) is 12.0. The summed E-state index contributed by atoms with van der Waals surface area (Å²) in [5.41, 5.74) is 0.0144. The zero-order chi connectivity index (χ0) is 18.9. The summed E-state index contributed by atoms with van der Waals surface area (Å²) in [5.74, 6) is -0.286. The maximum absolute atomic E-state index is 13.3. The maximum atomic E-state index is 13.3. The molecule has 0 bridgehead atoms. The molecule has 7 nitrogen and oxygen atoms in total. The van der Waals surface area contributed by atoms with E-state index in [9.17, 15) is 13.2 Å². The third-order valence-corrected chi connectivity index (χ3v) is 4.24. The number of rotatable bonds is 4. The Morgan fingerprint density at radius 1 is 1.19 bits per heavy atom. The average molecular weight is 378 g/mol. The smallest absolute Gasteiger partial charge is 0.421 e. The lowest BCUT2D eigenvalue weighted by Crippen LogP contribution is -2.38. The summed E-state index contributed by atoms with van der Waals surface area (Å²) in [6.07, 6.45) is -1.98. The molecule has 0 aliphatic carbocycles. The van der Waals surface area contributed by atoms with Gasteiger partial charge in [-0.15, -0.1) is 0 Å². The van der Waals surface area contributed by atoms with Crippen LogP contribution in [0.2, 0.25) is 0 Å². The van der Waals surface area contributed by atoms with Crippen LogP contribution in [0.25, 0.3) is 11.1 Å². The van der Waals surface area contributed by atoms with E-state index in [0.717, 1.165) is 25.6 Å². The molecule has 10 heteroatoms. The molecule has 142 valence electrons. The first kappa shape index (κ1) is 17.5. The van der Waals surface area contributed by atoms with Crippen molar-refractivity contribution in [3.05, 3.63) is 36.0 Å². The van der Waals surface area contributed by atoms with Gasteiger partial charge < -0.3 is 15.1 Å². The number of para-hydroxylation sites is 2. The number of aromatic nitrogens is 3. The molecule has 0 amide bonds. The van der Waals surface area contributed by atoms with Crippen LogP contribution < -0.4 is 16.0 Å². The van der Waals surface area contributed by atoms with Gasteiger partial charge in [0.2, 0.25) is 5.95 Å². The Hall–Kier alpha value is -2.88. The molecule has 1 aliphatic heterocycles. The Morgan fingerprint density at radius 2 is 2.04 bits per heavy atom. The number of anilines is 3. The van der Waals surface area contributed by atoms with Crippen LogP contribution in [0.3, 0.4) is 0 Å². The molecule has 1 aliphatic rings. The first-order valence-electron chi connectivity index (χ1n) is 8.53. The molecule has 0 radical (unpaired) electrons. The molecule has 3 heterocycles. The van der Waals surface area contributed by atoms with E-state index in [4.69, 9.17) is 4.42 Å². The zero-order valence-corrected chi connectivity index (χ0v) is 14.2. The number of nitrogens with zero attached hydrogens (tertiary/aromatic N) is 3. The lowest BCUT2D eigenvalue weighted by Gasteiger charge is -2.24. The highest BCUT2D eigenvalue weighted by atomic mass is 19.4. The molecular formula is C17H17F3N6O. The van der Waals surface area contributed by atoms with E-state index in [1.54, 1.807) is 24.3 Å². The second kappa shape index (κ2) is 7.03. The van der Waals surface area contributed by atoms with Crippen molar-refractivity contribution in [1.29, 1.82) is 0 Å². The number of halogens is 3. The molecule has 0 spiro atoms. The summed E-state index contributed by atoms with van der Waals surface area (Å²) >= 11 is 0. The number of oxazole rings is 1. The van der Waals surface area contributed by atoms with E-state index in [1.165, 1.54) is 0 Å². The summed E-state index contributed by atoms with van der Waals surface area (Å²) in [5, 5.41) is 8.83. The van der Waals surface area contributed by atoms with Gasteiger partial charge in [0.05, 0.1) is 0 Å². The first-order valence-corrected chi connectivity index (χ1v) is 8.53. The molecule has 27 heavy (non-hydrogen) atoms. The summed E-state index contributed by atoms with van der Waals surface area (Å²) in [7, 11) is 0. The van der Waals surface area contributed by atoms with Crippen LogP contribution in [0.1, 0.15) is 18.4 Å². The van der Waals surface area contributed by atoms with Gasteiger partial charge in [0.1, 0.15) is 11.1 Å². The Balaban J connectivity index is 1.63.